The van der Waals surface area contributed by atoms with Gasteiger partial charge in [0.2, 0.25) is 0 Å². The first-order valence-electron chi connectivity index (χ1n) is 6.21. The average molecular weight is 253 g/mol. The van der Waals surface area contributed by atoms with Crippen LogP contribution < -0.4 is 5.48 Å². The van der Waals surface area contributed by atoms with Gasteiger partial charge >= 0.3 is 5.97 Å². The first-order chi connectivity index (χ1) is 9.21. The fourth-order valence-corrected chi connectivity index (χ4v) is 3.21. The highest BCUT2D eigenvalue weighted by Crippen LogP contribution is 2.48. The number of hydroxylamine groups is 1. The molecule has 94 valence electrons. The summed E-state index contributed by atoms with van der Waals surface area (Å²) in [5, 5.41) is 0. The molecular formula is C15H11NO3. The minimum absolute atomic E-state index is 0.182. The summed E-state index contributed by atoms with van der Waals surface area (Å²) < 4.78 is 0. The van der Waals surface area contributed by atoms with Crippen molar-refractivity contribution >= 4 is 11.9 Å². The van der Waals surface area contributed by atoms with Crippen LogP contribution in [0.1, 0.15) is 6.42 Å². The van der Waals surface area contributed by atoms with Crippen LogP contribution in [-0.2, 0) is 14.4 Å². The van der Waals surface area contributed by atoms with Crippen LogP contribution in [0.2, 0.25) is 0 Å². The van der Waals surface area contributed by atoms with E-state index < -0.39 is 11.4 Å². The molecule has 1 fully saturated rings. The number of allylic oxidation sites excluding steroid dienone is 9. The molecule has 19 heavy (non-hydrogen) atoms. The second kappa shape index (κ2) is 3.35. The van der Waals surface area contributed by atoms with Crippen molar-refractivity contribution in [3.8, 4) is 0 Å². The fraction of sp³-hybridized carbons (Fsp3) is 0.200. The molecule has 4 aliphatic rings. The molecule has 4 nitrogen and oxygen atoms in total. The Labute approximate surface area is 109 Å². The molecule has 0 unspecified atom stereocenters. The second-order valence-electron chi connectivity index (χ2n) is 5.17. The smallest absolute Gasteiger partial charge is 0.339 e. The van der Waals surface area contributed by atoms with E-state index in [1.54, 1.807) is 6.08 Å². The summed E-state index contributed by atoms with van der Waals surface area (Å²) in [6.07, 6.45) is 14.2. The quantitative estimate of drug-likeness (QED) is 0.666. The number of carbonyl (C=O) groups is 2. The maximum absolute atomic E-state index is 12.0. The van der Waals surface area contributed by atoms with Crippen LogP contribution in [-0.4, -0.2) is 11.9 Å². The van der Waals surface area contributed by atoms with Crippen molar-refractivity contribution in [2.75, 3.05) is 0 Å². The van der Waals surface area contributed by atoms with E-state index in [4.69, 9.17) is 4.84 Å². The summed E-state index contributed by atoms with van der Waals surface area (Å²) >= 11 is 0. The van der Waals surface area contributed by atoms with Gasteiger partial charge in [-0.1, -0.05) is 48.1 Å². The van der Waals surface area contributed by atoms with Gasteiger partial charge in [-0.25, -0.2) is 4.79 Å². The van der Waals surface area contributed by atoms with Gasteiger partial charge in [0.1, 0.15) is 0 Å². The molecule has 3 aliphatic carbocycles. The van der Waals surface area contributed by atoms with E-state index in [0.29, 0.717) is 6.42 Å². The Hall–Kier alpha value is -2.36. The third kappa shape index (κ3) is 1.23. The second-order valence-corrected chi connectivity index (χ2v) is 5.17. The van der Waals surface area contributed by atoms with Gasteiger partial charge in [0.05, 0.1) is 0 Å². The summed E-state index contributed by atoms with van der Waals surface area (Å²) in [5.74, 6) is -0.700. The van der Waals surface area contributed by atoms with Crippen molar-refractivity contribution in [1.29, 1.82) is 0 Å². The number of carbonyl (C=O) groups excluding carboxylic acids is 2. The molecule has 0 bridgehead atoms. The van der Waals surface area contributed by atoms with Crippen LogP contribution in [0.15, 0.2) is 59.3 Å². The van der Waals surface area contributed by atoms with Gasteiger partial charge < -0.3 is 4.84 Å². The molecule has 1 heterocycles. The van der Waals surface area contributed by atoms with E-state index in [2.05, 4.69) is 17.6 Å². The summed E-state index contributed by atoms with van der Waals surface area (Å²) in [5.41, 5.74) is 4.28. The first-order valence-corrected chi connectivity index (χ1v) is 6.21. The number of hydrogen-bond donors (Lipinski definition) is 1. The molecular weight excluding hydrogens is 242 g/mol. The Kier molecular flexibility index (Phi) is 1.86. The lowest BCUT2D eigenvalue weighted by atomic mass is 9.65. The minimum atomic E-state index is -1.18. The zero-order valence-corrected chi connectivity index (χ0v) is 10.1. The zero-order chi connectivity index (χ0) is 13.0. The molecule has 1 spiro atoms. The highest BCUT2D eigenvalue weighted by Gasteiger charge is 2.55. The predicted molar refractivity (Wildman–Crippen MR) is 67.3 cm³/mol. The van der Waals surface area contributed by atoms with E-state index in [0.717, 1.165) is 11.1 Å². The van der Waals surface area contributed by atoms with Crippen LogP contribution in [0.4, 0.5) is 0 Å². The van der Waals surface area contributed by atoms with E-state index in [1.807, 2.05) is 24.3 Å². The molecule has 4 heteroatoms. The molecule has 0 saturated carbocycles. The van der Waals surface area contributed by atoms with E-state index in [-0.39, 0.29) is 11.8 Å². The van der Waals surface area contributed by atoms with Crippen molar-refractivity contribution in [1.82, 2.24) is 5.48 Å². The highest BCUT2D eigenvalue weighted by atomic mass is 16.7. The maximum atomic E-state index is 12.0. The fourth-order valence-electron chi connectivity index (χ4n) is 3.21. The van der Waals surface area contributed by atoms with Crippen LogP contribution in [0.5, 0.6) is 0 Å². The lowest BCUT2D eigenvalue weighted by Gasteiger charge is -2.36. The lowest BCUT2D eigenvalue weighted by molar-refractivity contribution is -0.148. The van der Waals surface area contributed by atoms with Crippen molar-refractivity contribution in [3.63, 3.8) is 0 Å². The summed E-state index contributed by atoms with van der Waals surface area (Å²) in [4.78, 5) is 28.7. The van der Waals surface area contributed by atoms with Gasteiger partial charge in [-0.3, -0.25) is 4.79 Å². The topological polar surface area (TPSA) is 55.4 Å². The van der Waals surface area contributed by atoms with Crippen LogP contribution in [0, 0.1) is 11.3 Å². The van der Waals surface area contributed by atoms with Crippen LogP contribution in [0.3, 0.4) is 0 Å². The van der Waals surface area contributed by atoms with E-state index >= 15 is 0 Å². The molecule has 0 radical (unpaired) electrons. The molecule has 1 saturated heterocycles. The Morgan fingerprint density at radius 3 is 2.74 bits per heavy atom. The van der Waals surface area contributed by atoms with Gasteiger partial charge in [-0.2, -0.15) is 5.48 Å². The molecule has 0 aromatic heterocycles. The lowest BCUT2D eigenvalue weighted by Crippen LogP contribution is -2.39. The normalized spacial score (nSPS) is 34.3. The summed E-state index contributed by atoms with van der Waals surface area (Å²) in [6.45, 7) is 0. The number of rotatable bonds is 0. The molecule has 0 aromatic rings. The van der Waals surface area contributed by atoms with Crippen molar-refractivity contribution in [3.05, 3.63) is 59.3 Å². The highest BCUT2D eigenvalue weighted by molar-refractivity contribution is 6.09. The van der Waals surface area contributed by atoms with Gasteiger partial charge in [0.15, 0.2) is 5.41 Å². The van der Waals surface area contributed by atoms with E-state index in [9.17, 15) is 9.59 Å². The molecule has 2 atom stereocenters. The standard InChI is InChI=1S/C15H11NO3/c17-13-15(14(18)19-16-13)7-10-5-1-3-9-4-2-6-11(8-15)12(9)10/h1-7,12H,8H2,(H,16,17)/t12-,15+/m1/s1. The average Bonchev–Trinajstić information content (AvgIpc) is 2.68. The Morgan fingerprint density at radius 2 is 1.95 bits per heavy atom. The predicted octanol–water partition coefficient (Wildman–Crippen LogP) is 1.50. The Balaban J connectivity index is 1.93. The summed E-state index contributed by atoms with van der Waals surface area (Å²) in [6, 6.07) is 0. The summed E-state index contributed by atoms with van der Waals surface area (Å²) in [7, 11) is 0. The monoisotopic (exact) mass is 253 g/mol. The van der Waals surface area contributed by atoms with Gasteiger partial charge in [-0.15, -0.1) is 0 Å². The van der Waals surface area contributed by atoms with Gasteiger partial charge in [0, 0.05) is 5.92 Å². The van der Waals surface area contributed by atoms with Crippen molar-refractivity contribution in [2.45, 2.75) is 6.42 Å². The first kappa shape index (κ1) is 10.6. The molecule has 1 aliphatic heterocycles. The third-order valence-corrected chi connectivity index (χ3v) is 4.12. The van der Waals surface area contributed by atoms with Crippen molar-refractivity contribution in [2.24, 2.45) is 11.3 Å². The SMILES string of the molecule is O=C1NOC(=O)[C@]12C=C1C=CC=C3C=CC=C(C2)[C@H]31. The Morgan fingerprint density at radius 1 is 1.16 bits per heavy atom. The van der Waals surface area contributed by atoms with Crippen LogP contribution >= 0.6 is 0 Å². The van der Waals surface area contributed by atoms with E-state index in [1.165, 1.54) is 5.57 Å². The molecule has 1 N–H and O–H groups in total. The van der Waals surface area contributed by atoms with Crippen molar-refractivity contribution < 1.29 is 14.4 Å². The Bertz CT molecular complexity index is 645. The maximum Gasteiger partial charge on any atom is 0.351 e. The largest absolute Gasteiger partial charge is 0.351 e. The zero-order valence-electron chi connectivity index (χ0n) is 10.1. The third-order valence-electron chi connectivity index (χ3n) is 4.12. The number of hydrogen-bond acceptors (Lipinski definition) is 3. The number of nitrogens with one attached hydrogen (secondary N) is 1. The molecule has 0 aromatic carbocycles. The molecule has 4 rings (SSSR count). The van der Waals surface area contributed by atoms with Crippen LogP contribution in [0.25, 0.3) is 0 Å². The molecule has 1 amide bonds. The van der Waals surface area contributed by atoms with Gasteiger partial charge in [0.25, 0.3) is 5.91 Å². The number of amides is 1. The van der Waals surface area contributed by atoms with Gasteiger partial charge in [-0.05, 0) is 17.6 Å². The minimum Gasteiger partial charge on any atom is -0.339 e.